The summed E-state index contributed by atoms with van der Waals surface area (Å²) >= 11 is 5.28. The molecular formula is C17H14BrNS. The third-order valence-electron chi connectivity index (χ3n) is 3.28. The number of hydrogen-bond acceptors (Lipinski definition) is 2. The first-order chi connectivity index (χ1) is 9.65. The van der Waals surface area contributed by atoms with Gasteiger partial charge in [0.1, 0.15) is 5.01 Å². The van der Waals surface area contributed by atoms with Gasteiger partial charge in [-0.25, -0.2) is 4.98 Å². The van der Waals surface area contributed by atoms with Crippen molar-refractivity contribution in [2.24, 2.45) is 0 Å². The Kier molecular flexibility index (Phi) is 3.72. The Bertz CT molecular complexity index is 761. The zero-order valence-electron chi connectivity index (χ0n) is 11.4. The van der Waals surface area contributed by atoms with E-state index in [1.54, 1.807) is 11.3 Å². The minimum absolute atomic E-state index is 1.05. The second-order valence-corrected chi connectivity index (χ2v) is 6.55. The molecule has 0 fully saturated rings. The van der Waals surface area contributed by atoms with Gasteiger partial charge in [0.05, 0.1) is 5.69 Å². The van der Waals surface area contributed by atoms with E-state index >= 15 is 0 Å². The molecule has 0 amide bonds. The van der Waals surface area contributed by atoms with Gasteiger partial charge in [0.25, 0.3) is 0 Å². The Morgan fingerprint density at radius 3 is 2.60 bits per heavy atom. The number of hydrogen-bond donors (Lipinski definition) is 0. The first kappa shape index (κ1) is 13.5. The van der Waals surface area contributed by atoms with Crippen LogP contribution in [0.15, 0.2) is 52.3 Å². The molecule has 0 atom stereocenters. The molecule has 0 spiro atoms. The molecule has 100 valence electrons. The number of halogens is 1. The monoisotopic (exact) mass is 343 g/mol. The van der Waals surface area contributed by atoms with Crippen LogP contribution in [-0.4, -0.2) is 4.98 Å². The highest BCUT2D eigenvalue weighted by Crippen LogP contribution is 2.34. The van der Waals surface area contributed by atoms with E-state index in [9.17, 15) is 0 Å². The highest BCUT2D eigenvalue weighted by molar-refractivity contribution is 9.10. The number of benzene rings is 2. The topological polar surface area (TPSA) is 12.9 Å². The molecule has 3 aromatic rings. The predicted molar refractivity (Wildman–Crippen MR) is 90.2 cm³/mol. The number of aryl methyl sites for hydroxylation is 2. The summed E-state index contributed by atoms with van der Waals surface area (Å²) in [6.07, 6.45) is 0. The van der Waals surface area contributed by atoms with E-state index in [1.807, 2.05) is 18.2 Å². The highest BCUT2D eigenvalue weighted by atomic mass is 79.9. The van der Waals surface area contributed by atoms with Gasteiger partial charge in [0.2, 0.25) is 0 Å². The summed E-state index contributed by atoms with van der Waals surface area (Å²) in [5.74, 6) is 0. The third-order valence-corrected chi connectivity index (χ3v) is 4.84. The molecule has 0 saturated carbocycles. The second kappa shape index (κ2) is 5.51. The maximum atomic E-state index is 4.80. The molecule has 0 aliphatic heterocycles. The number of nitrogens with zero attached hydrogens (tertiary/aromatic N) is 1. The van der Waals surface area contributed by atoms with Gasteiger partial charge in [0.15, 0.2) is 0 Å². The molecule has 3 heteroatoms. The van der Waals surface area contributed by atoms with Crippen molar-refractivity contribution in [2.45, 2.75) is 13.8 Å². The van der Waals surface area contributed by atoms with Crippen LogP contribution in [0, 0.1) is 13.8 Å². The molecule has 2 aromatic carbocycles. The lowest BCUT2D eigenvalue weighted by atomic mass is 10.0. The SMILES string of the molecule is Cc1ccc(C)c(-c2csc(-c3ccccc3Br)n2)c1. The minimum Gasteiger partial charge on any atom is -0.236 e. The van der Waals surface area contributed by atoms with Crippen LogP contribution in [0.1, 0.15) is 11.1 Å². The molecule has 0 aliphatic carbocycles. The fourth-order valence-corrected chi connectivity index (χ4v) is 3.63. The van der Waals surface area contributed by atoms with E-state index in [0.717, 1.165) is 20.7 Å². The molecule has 0 aliphatic rings. The average molecular weight is 344 g/mol. The van der Waals surface area contributed by atoms with Gasteiger partial charge in [-0.3, -0.25) is 0 Å². The van der Waals surface area contributed by atoms with Gasteiger partial charge in [-0.1, -0.05) is 51.8 Å². The maximum absolute atomic E-state index is 4.80. The van der Waals surface area contributed by atoms with E-state index in [1.165, 1.54) is 16.7 Å². The lowest BCUT2D eigenvalue weighted by Crippen LogP contribution is -1.85. The quantitative estimate of drug-likeness (QED) is 0.568. The van der Waals surface area contributed by atoms with Gasteiger partial charge in [-0.15, -0.1) is 11.3 Å². The highest BCUT2D eigenvalue weighted by Gasteiger charge is 2.10. The normalized spacial score (nSPS) is 10.8. The van der Waals surface area contributed by atoms with Crippen LogP contribution in [0.4, 0.5) is 0 Å². The van der Waals surface area contributed by atoms with E-state index in [0.29, 0.717) is 0 Å². The maximum Gasteiger partial charge on any atom is 0.125 e. The van der Waals surface area contributed by atoms with E-state index in [4.69, 9.17) is 4.98 Å². The molecule has 0 saturated heterocycles. The largest absolute Gasteiger partial charge is 0.236 e. The molecule has 3 rings (SSSR count). The molecule has 0 N–H and O–H groups in total. The van der Waals surface area contributed by atoms with Crippen molar-refractivity contribution in [1.82, 2.24) is 4.98 Å². The van der Waals surface area contributed by atoms with Crippen molar-refractivity contribution in [3.05, 3.63) is 63.4 Å². The fraction of sp³-hybridized carbons (Fsp3) is 0.118. The Morgan fingerprint density at radius 2 is 1.80 bits per heavy atom. The van der Waals surface area contributed by atoms with Crippen molar-refractivity contribution < 1.29 is 0 Å². The summed E-state index contributed by atoms with van der Waals surface area (Å²) in [6.45, 7) is 4.25. The molecule has 0 bridgehead atoms. The zero-order chi connectivity index (χ0) is 14.1. The van der Waals surface area contributed by atoms with Gasteiger partial charge in [-0.05, 0) is 31.5 Å². The Labute approximate surface area is 131 Å². The summed E-state index contributed by atoms with van der Waals surface area (Å²) in [6, 6.07) is 14.7. The van der Waals surface area contributed by atoms with Gasteiger partial charge < -0.3 is 0 Å². The molecule has 20 heavy (non-hydrogen) atoms. The third kappa shape index (κ3) is 2.56. The van der Waals surface area contributed by atoms with Crippen molar-refractivity contribution in [3.8, 4) is 21.8 Å². The zero-order valence-corrected chi connectivity index (χ0v) is 13.8. The second-order valence-electron chi connectivity index (χ2n) is 4.84. The van der Waals surface area contributed by atoms with Crippen molar-refractivity contribution >= 4 is 27.3 Å². The van der Waals surface area contributed by atoms with E-state index < -0.39 is 0 Å². The van der Waals surface area contributed by atoms with Crippen LogP contribution in [0.25, 0.3) is 21.8 Å². The van der Waals surface area contributed by atoms with Crippen molar-refractivity contribution in [1.29, 1.82) is 0 Å². The molecule has 1 nitrogen and oxygen atoms in total. The summed E-state index contributed by atoms with van der Waals surface area (Å²) in [7, 11) is 0. The Hall–Kier alpha value is -1.45. The minimum atomic E-state index is 1.05. The smallest absolute Gasteiger partial charge is 0.125 e. The number of thiazole rings is 1. The fourth-order valence-electron chi connectivity index (χ4n) is 2.17. The van der Waals surface area contributed by atoms with Crippen molar-refractivity contribution in [3.63, 3.8) is 0 Å². The number of aromatic nitrogens is 1. The molecule has 0 radical (unpaired) electrons. The van der Waals surface area contributed by atoms with Crippen LogP contribution in [0.3, 0.4) is 0 Å². The summed E-state index contributed by atoms with van der Waals surface area (Å²) < 4.78 is 1.09. The van der Waals surface area contributed by atoms with Crippen LogP contribution >= 0.6 is 27.3 Å². The first-order valence-corrected chi connectivity index (χ1v) is 8.10. The van der Waals surface area contributed by atoms with E-state index in [2.05, 4.69) is 59.4 Å². The standard InChI is InChI=1S/C17H14BrNS/c1-11-7-8-12(2)14(9-11)16-10-20-17(19-16)13-5-3-4-6-15(13)18/h3-10H,1-2H3. The summed E-state index contributed by atoms with van der Waals surface area (Å²) in [5.41, 5.74) is 5.95. The molecular weight excluding hydrogens is 330 g/mol. The molecule has 1 heterocycles. The van der Waals surface area contributed by atoms with E-state index in [-0.39, 0.29) is 0 Å². The average Bonchev–Trinajstić information content (AvgIpc) is 2.91. The predicted octanol–water partition coefficient (Wildman–Crippen LogP) is 5.86. The Balaban J connectivity index is 2.07. The van der Waals surface area contributed by atoms with Crippen LogP contribution in [-0.2, 0) is 0 Å². The Morgan fingerprint density at radius 1 is 1.00 bits per heavy atom. The van der Waals surface area contributed by atoms with Gasteiger partial charge >= 0.3 is 0 Å². The summed E-state index contributed by atoms with van der Waals surface area (Å²) in [5, 5.41) is 3.18. The summed E-state index contributed by atoms with van der Waals surface area (Å²) in [4.78, 5) is 4.80. The van der Waals surface area contributed by atoms with Crippen LogP contribution < -0.4 is 0 Å². The number of rotatable bonds is 2. The lowest BCUT2D eigenvalue weighted by Gasteiger charge is -2.04. The lowest BCUT2D eigenvalue weighted by molar-refractivity contribution is 1.34. The van der Waals surface area contributed by atoms with Crippen LogP contribution in [0.5, 0.6) is 0 Å². The molecule has 0 unspecified atom stereocenters. The van der Waals surface area contributed by atoms with Crippen LogP contribution in [0.2, 0.25) is 0 Å². The van der Waals surface area contributed by atoms with Gasteiger partial charge in [0, 0.05) is 21.0 Å². The molecule has 1 aromatic heterocycles. The van der Waals surface area contributed by atoms with Crippen molar-refractivity contribution in [2.75, 3.05) is 0 Å². The first-order valence-electron chi connectivity index (χ1n) is 6.43. The van der Waals surface area contributed by atoms with Gasteiger partial charge in [-0.2, -0.15) is 0 Å².